The van der Waals surface area contributed by atoms with E-state index in [2.05, 4.69) is 0 Å². The van der Waals surface area contributed by atoms with Gasteiger partial charge in [-0.15, -0.1) is 0 Å². The van der Waals surface area contributed by atoms with E-state index in [0.717, 1.165) is 4.31 Å². The Balaban J connectivity index is 2.26. The fourth-order valence-corrected chi connectivity index (χ4v) is 4.41. The largest absolute Gasteiger partial charge is 0.480 e. The van der Waals surface area contributed by atoms with Gasteiger partial charge in [-0.2, -0.15) is 9.57 Å². The van der Waals surface area contributed by atoms with Gasteiger partial charge in [0.1, 0.15) is 6.04 Å². The van der Waals surface area contributed by atoms with Crippen molar-refractivity contribution in [3.63, 3.8) is 0 Å². The van der Waals surface area contributed by atoms with Crippen LogP contribution in [0.15, 0.2) is 24.3 Å². The monoisotopic (exact) mass is 308 g/mol. The van der Waals surface area contributed by atoms with Crippen LogP contribution in [0.3, 0.4) is 0 Å². The maximum absolute atomic E-state index is 12.4. The lowest BCUT2D eigenvalue weighted by Crippen LogP contribution is -2.43. The first-order valence-electron chi connectivity index (χ1n) is 6.56. The van der Waals surface area contributed by atoms with E-state index < -0.39 is 22.0 Å². The molecule has 0 bridgehead atoms. The van der Waals surface area contributed by atoms with Crippen LogP contribution < -0.4 is 0 Å². The summed E-state index contributed by atoms with van der Waals surface area (Å²) in [5.41, 5.74) is 0.866. The highest BCUT2D eigenvalue weighted by atomic mass is 32.2. The molecule has 7 heteroatoms. The number of nitriles is 1. The molecule has 1 N–H and O–H groups in total. The normalized spacial score (nSPS) is 22.9. The molecule has 1 aromatic carbocycles. The standard InChI is InChI=1S/C14H16N2O4S/c1-10-5-6-16(13(10)14(17)18)21(19,20)9-12-4-2-3-11(7-12)8-15/h2-4,7,10,13H,5-6,9H2,1H3,(H,17,18). The highest BCUT2D eigenvalue weighted by Crippen LogP contribution is 2.28. The summed E-state index contributed by atoms with van der Waals surface area (Å²) >= 11 is 0. The molecular formula is C14H16N2O4S. The van der Waals surface area contributed by atoms with Gasteiger partial charge in [0.15, 0.2) is 0 Å². The Morgan fingerprint density at radius 2 is 2.24 bits per heavy atom. The Morgan fingerprint density at radius 3 is 2.86 bits per heavy atom. The number of carboxylic acid groups (broad SMARTS) is 1. The molecule has 21 heavy (non-hydrogen) atoms. The highest BCUT2D eigenvalue weighted by molar-refractivity contribution is 7.88. The van der Waals surface area contributed by atoms with Gasteiger partial charge in [-0.05, 0) is 30.0 Å². The van der Waals surface area contributed by atoms with E-state index in [0.29, 0.717) is 17.5 Å². The average molecular weight is 308 g/mol. The van der Waals surface area contributed by atoms with E-state index in [9.17, 15) is 18.3 Å². The molecule has 0 amide bonds. The number of carboxylic acids is 1. The van der Waals surface area contributed by atoms with Gasteiger partial charge in [-0.25, -0.2) is 8.42 Å². The lowest BCUT2D eigenvalue weighted by molar-refractivity contribution is -0.141. The van der Waals surface area contributed by atoms with Gasteiger partial charge in [0, 0.05) is 6.54 Å². The second-order valence-corrected chi connectivity index (χ2v) is 7.15. The summed E-state index contributed by atoms with van der Waals surface area (Å²) in [4.78, 5) is 11.3. The van der Waals surface area contributed by atoms with Gasteiger partial charge in [-0.1, -0.05) is 19.1 Å². The van der Waals surface area contributed by atoms with Crippen LogP contribution >= 0.6 is 0 Å². The topological polar surface area (TPSA) is 98.5 Å². The predicted molar refractivity (Wildman–Crippen MR) is 75.7 cm³/mol. The van der Waals surface area contributed by atoms with E-state index in [1.54, 1.807) is 25.1 Å². The number of sulfonamides is 1. The van der Waals surface area contributed by atoms with E-state index >= 15 is 0 Å². The molecule has 1 heterocycles. The van der Waals surface area contributed by atoms with Gasteiger partial charge in [0.25, 0.3) is 0 Å². The van der Waals surface area contributed by atoms with Crippen LogP contribution in [0.1, 0.15) is 24.5 Å². The molecular weight excluding hydrogens is 292 g/mol. The summed E-state index contributed by atoms with van der Waals surface area (Å²) < 4.78 is 26.0. The van der Waals surface area contributed by atoms with Crippen molar-refractivity contribution in [3.8, 4) is 6.07 Å². The third kappa shape index (κ3) is 3.23. The number of hydrogen-bond donors (Lipinski definition) is 1. The zero-order chi connectivity index (χ0) is 15.6. The molecule has 6 nitrogen and oxygen atoms in total. The first-order chi connectivity index (χ1) is 9.85. The first-order valence-corrected chi connectivity index (χ1v) is 8.17. The Hall–Kier alpha value is -1.91. The van der Waals surface area contributed by atoms with Crippen molar-refractivity contribution in [3.05, 3.63) is 35.4 Å². The Morgan fingerprint density at radius 1 is 1.52 bits per heavy atom. The molecule has 1 aliphatic rings. The van der Waals surface area contributed by atoms with Crippen molar-refractivity contribution in [2.75, 3.05) is 6.54 Å². The number of nitrogens with zero attached hydrogens (tertiary/aromatic N) is 2. The van der Waals surface area contributed by atoms with Crippen molar-refractivity contribution < 1.29 is 18.3 Å². The third-order valence-electron chi connectivity index (χ3n) is 3.67. The number of hydrogen-bond acceptors (Lipinski definition) is 4. The second-order valence-electron chi connectivity index (χ2n) is 5.23. The summed E-state index contributed by atoms with van der Waals surface area (Å²) in [5.74, 6) is -1.61. The molecule has 0 radical (unpaired) electrons. The minimum absolute atomic E-state index is 0.206. The molecule has 0 spiro atoms. The van der Waals surface area contributed by atoms with E-state index in [4.69, 9.17) is 5.26 Å². The van der Waals surface area contributed by atoms with Crippen molar-refractivity contribution in [2.45, 2.75) is 25.1 Å². The predicted octanol–water partition coefficient (Wildman–Crippen LogP) is 1.18. The molecule has 1 aliphatic heterocycles. The SMILES string of the molecule is CC1CCN(S(=O)(=O)Cc2cccc(C#N)c2)C1C(=O)O. The van der Waals surface area contributed by atoms with Crippen molar-refractivity contribution in [1.29, 1.82) is 5.26 Å². The van der Waals surface area contributed by atoms with Crippen LogP contribution in [0.25, 0.3) is 0 Å². The highest BCUT2D eigenvalue weighted by Gasteiger charge is 2.43. The van der Waals surface area contributed by atoms with Crippen molar-refractivity contribution >= 4 is 16.0 Å². The van der Waals surface area contributed by atoms with Crippen molar-refractivity contribution in [1.82, 2.24) is 4.31 Å². The number of benzene rings is 1. The molecule has 0 aromatic heterocycles. The Bertz CT molecular complexity index is 693. The molecule has 1 fully saturated rings. The van der Waals surface area contributed by atoms with E-state index in [1.807, 2.05) is 6.07 Å². The van der Waals surface area contributed by atoms with Gasteiger partial charge in [-0.3, -0.25) is 4.79 Å². The Kier molecular flexibility index (Phi) is 4.30. The van der Waals surface area contributed by atoms with Gasteiger partial charge in [0.05, 0.1) is 17.4 Å². The van der Waals surface area contributed by atoms with Crippen LogP contribution in [0.2, 0.25) is 0 Å². The van der Waals surface area contributed by atoms with Gasteiger partial charge >= 0.3 is 5.97 Å². The molecule has 1 aromatic rings. The molecule has 0 aliphatic carbocycles. The Labute approximate surface area is 123 Å². The lowest BCUT2D eigenvalue weighted by atomic mass is 10.0. The molecule has 2 unspecified atom stereocenters. The molecule has 1 saturated heterocycles. The van der Waals surface area contributed by atoms with Gasteiger partial charge < -0.3 is 5.11 Å². The van der Waals surface area contributed by atoms with Gasteiger partial charge in [0.2, 0.25) is 10.0 Å². The zero-order valence-electron chi connectivity index (χ0n) is 11.6. The average Bonchev–Trinajstić information content (AvgIpc) is 2.81. The summed E-state index contributed by atoms with van der Waals surface area (Å²) in [6.07, 6.45) is 0.536. The van der Waals surface area contributed by atoms with Crippen LogP contribution in [-0.4, -0.2) is 36.4 Å². The zero-order valence-corrected chi connectivity index (χ0v) is 12.4. The van der Waals surface area contributed by atoms with Crippen molar-refractivity contribution in [2.24, 2.45) is 5.92 Å². The lowest BCUT2D eigenvalue weighted by Gasteiger charge is -2.22. The first kappa shape index (κ1) is 15.5. The minimum atomic E-state index is -3.72. The maximum atomic E-state index is 12.4. The fraction of sp³-hybridized carbons (Fsp3) is 0.429. The van der Waals surface area contributed by atoms with E-state index in [1.165, 1.54) is 6.07 Å². The number of aliphatic carboxylic acids is 1. The molecule has 2 rings (SSSR count). The quantitative estimate of drug-likeness (QED) is 0.900. The summed E-state index contributed by atoms with van der Waals surface area (Å²) in [7, 11) is -3.72. The third-order valence-corrected chi connectivity index (χ3v) is 5.49. The van der Waals surface area contributed by atoms with Crippen LogP contribution in [0.4, 0.5) is 0 Å². The molecule has 0 saturated carbocycles. The molecule has 2 atom stereocenters. The summed E-state index contributed by atoms with van der Waals surface area (Å²) in [6.45, 7) is 1.96. The molecule has 112 valence electrons. The minimum Gasteiger partial charge on any atom is -0.480 e. The second kappa shape index (κ2) is 5.84. The number of carbonyl (C=O) groups is 1. The summed E-state index contributed by atoms with van der Waals surface area (Å²) in [6, 6.07) is 7.28. The number of rotatable bonds is 4. The maximum Gasteiger partial charge on any atom is 0.322 e. The van der Waals surface area contributed by atoms with Crippen LogP contribution in [0, 0.1) is 17.2 Å². The smallest absolute Gasteiger partial charge is 0.322 e. The fourth-order valence-electron chi connectivity index (χ4n) is 2.61. The summed E-state index contributed by atoms with van der Waals surface area (Å²) in [5, 5.41) is 18.1. The van der Waals surface area contributed by atoms with Crippen LogP contribution in [0.5, 0.6) is 0 Å². The van der Waals surface area contributed by atoms with Crippen LogP contribution in [-0.2, 0) is 20.6 Å². The van der Waals surface area contributed by atoms with E-state index in [-0.39, 0.29) is 18.2 Å².